The molecule has 0 atom stereocenters. The van der Waals surface area contributed by atoms with Crippen molar-refractivity contribution in [2.75, 3.05) is 6.61 Å². The van der Waals surface area contributed by atoms with Crippen LogP contribution in [0.25, 0.3) is 0 Å². The summed E-state index contributed by atoms with van der Waals surface area (Å²) in [5.74, 6) is -0.526. The van der Waals surface area contributed by atoms with E-state index in [9.17, 15) is 14.4 Å². The minimum atomic E-state index is -0.526. The van der Waals surface area contributed by atoms with E-state index >= 15 is 0 Å². The Morgan fingerprint density at radius 3 is 2.71 bits per heavy atom. The van der Waals surface area contributed by atoms with Crippen molar-refractivity contribution in [1.82, 2.24) is 18.9 Å². The smallest absolute Gasteiger partial charge is 0.341 e. The Labute approximate surface area is 120 Å². The summed E-state index contributed by atoms with van der Waals surface area (Å²) in [5.41, 5.74) is -0.205. The van der Waals surface area contributed by atoms with Gasteiger partial charge in [0.2, 0.25) is 0 Å². The number of esters is 1. The van der Waals surface area contributed by atoms with Crippen LogP contribution in [0.1, 0.15) is 23.0 Å². The second kappa shape index (κ2) is 5.78. The Hall–Kier alpha value is -2.64. The van der Waals surface area contributed by atoms with Crippen LogP contribution in [0.15, 0.2) is 28.0 Å². The molecule has 2 aromatic heterocycles. The van der Waals surface area contributed by atoms with Gasteiger partial charge in [0.05, 0.1) is 25.0 Å². The highest BCUT2D eigenvalue weighted by molar-refractivity contribution is 5.90. The maximum atomic E-state index is 12.0. The van der Waals surface area contributed by atoms with Gasteiger partial charge < -0.3 is 9.30 Å². The molecule has 8 nitrogen and oxygen atoms in total. The van der Waals surface area contributed by atoms with Crippen LogP contribution < -0.4 is 11.2 Å². The number of ether oxygens (including phenoxy) is 1. The third-order valence-electron chi connectivity index (χ3n) is 3.10. The normalized spacial score (nSPS) is 10.6. The molecule has 8 heteroatoms. The van der Waals surface area contributed by atoms with Crippen molar-refractivity contribution in [1.29, 1.82) is 0 Å². The molecule has 112 valence electrons. The van der Waals surface area contributed by atoms with E-state index < -0.39 is 17.2 Å². The lowest BCUT2D eigenvalue weighted by Crippen LogP contribution is -2.38. The third-order valence-corrected chi connectivity index (χ3v) is 3.10. The first-order chi connectivity index (χ1) is 9.95. The van der Waals surface area contributed by atoms with Gasteiger partial charge in [-0.05, 0) is 6.92 Å². The maximum absolute atomic E-state index is 12.0. The molecular weight excluding hydrogens is 276 g/mol. The Morgan fingerprint density at radius 2 is 2.05 bits per heavy atom. The Kier molecular flexibility index (Phi) is 4.06. The lowest BCUT2D eigenvalue weighted by Gasteiger charge is -2.09. The molecule has 0 spiro atoms. The summed E-state index contributed by atoms with van der Waals surface area (Å²) < 4.78 is 8.73. The van der Waals surface area contributed by atoms with Gasteiger partial charge in [0.1, 0.15) is 5.56 Å². The molecule has 0 aliphatic rings. The maximum Gasteiger partial charge on any atom is 0.341 e. The Bertz CT molecular complexity index is 784. The molecule has 0 bridgehead atoms. The quantitative estimate of drug-likeness (QED) is 0.709. The summed E-state index contributed by atoms with van der Waals surface area (Å²) in [6.07, 6.45) is 2.77. The number of aryl methyl sites for hydroxylation is 2. The van der Waals surface area contributed by atoms with E-state index in [-0.39, 0.29) is 18.7 Å². The summed E-state index contributed by atoms with van der Waals surface area (Å²) in [4.78, 5) is 35.7. The van der Waals surface area contributed by atoms with E-state index in [1.807, 2.05) is 0 Å². The zero-order valence-corrected chi connectivity index (χ0v) is 12.1. The van der Waals surface area contributed by atoms with E-state index in [2.05, 4.69) is 5.10 Å². The summed E-state index contributed by atoms with van der Waals surface area (Å²) in [7, 11) is 3.18. The van der Waals surface area contributed by atoms with Crippen LogP contribution in [0.4, 0.5) is 0 Å². The lowest BCUT2D eigenvalue weighted by atomic mass is 10.2. The fourth-order valence-electron chi connectivity index (χ4n) is 1.94. The fraction of sp³-hybridized carbons (Fsp3) is 0.385. The Balaban J connectivity index is 2.48. The number of nitrogens with zero attached hydrogens (tertiary/aromatic N) is 4. The number of rotatable bonds is 4. The summed E-state index contributed by atoms with van der Waals surface area (Å²) in [6.45, 7) is 1.89. The molecule has 21 heavy (non-hydrogen) atoms. The van der Waals surface area contributed by atoms with Crippen molar-refractivity contribution in [3.8, 4) is 0 Å². The van der Waals surface area contributed by atoms with Gasteiger partial charge in [-0.15, -0.1) is 0 Å². The molecule has 0 amide bonds. The van der Waals surface area contributed by atoms with Gasteiger partial charge >= 0.3 is 11.7 Å². The van der Waals surface area contributed by atoms with Gasteiger partial charge in [-0.1, -0.05) is 0 Å². The number of carbonyl (C=O) groups is 1. The molecule has 0 aliphatic heterocycles. The molecule has 2 heterocycles. The molecule has 0 unspecified atom stereocenters. The largest absolute Gasteiger partial charge is 0.462 e. The van der Waals surface area contributed by atoms with Crippen LogP contribution in [0, 0.1) is 0 Å². The lowest BCUT2D eigenvalue weighted by molar-refractivity contribution is 0.0524. The van der Waals surface area contributed by atoms with Crippen molar-refractivity contribution in [2.45, 2.75) is 13.5 Å². The molecule has 0 saturated carbocycles. The molecule has 2 aromatic rings. The van der Waals surface area contributed by atoms with Crippen LogP contribution >= 0.6 is 0 Å². The average Bonchev–Trinajstić information content (AvgIpc) is 2.81. The van der Waals surface area contributed by atoms with E-state index in [4.69, 9.17) is 4.74 Å². The second-order valence-corrected chi connectivity index (χ2v) is 4.48. The zero-order chi connectivity index (χ0) is 15.6. The minimum Gasteiger partial charge on any atom is -0.462 e. The monoisotopic (exact) mass is 292 g/mol. The van der Waals surface area contributed by atoms with Crippen LogP contribution in [0.5, 0.6) is 0 Å². The minimum absolute atomic E-state index is 0.0446. The van der Waals surface area contributed by atoms with Crippen LogP contribution in [-0.4, -0.2) is 31.5 Å². The molecule has 2 rings (SSSR count). The molecule has 0 radical (unpaired) electrons. The van der Waals surface area contributed by atoms with Crippen molar-refractivity contribution in [3.05, 3.63) is 50.6 Å². The van der Waals surface area contributed by atoms with Gasteiger partial charge in [0.25, 0.3) is 5.56 Å². The molecule has 0 aliphatic carbocycles. The molecule has 0 N–H and O–H groups in total. The van der Waals surface area contributed by atoms with Crippen LogP contribution in [0.3, 0.4) is 0 Å². The average molecular weight is 292 g/mol. The predicted octanol–water partition coefficient (Wildman–Crippen LogP) is -0.494. The highest BCUT2D eigenvalue weighted by Crippen LogP contribution is 2.10. The zero-order valence-electron chi connectivity index (χ0n) is 12.1. The summed E-state index contributed by atoms with van der Waals surface area (Å²) >= 11 is 0. The van der Waals surface area contributed by atoms with Gasteiger partial charge in [-0.25, -0.2) is 9.59 Å². The molecule has 0 saturated heterocycles. The first-order valence-corrected chi connectivity index (χ1v) is 6.40. The van der Waals surface area contributed by atoms with Gasteiger partial charge in [0, 0.05) is 26.4 Å². The first-order valence-electron chi connectivity index (χ1n) is 6.40. The van der Waals surface area contributed by atoms with Crippen LogP contribution in [0.2, 0.25) is 0 Å². The van der Waals surface area contributed by atoms with E-state index in [1.165, 1.54) is 27.7 Å². The third kappa shape index (κ3) is 2.78. The number of hydrogen-bond donors (Lipinski definition) is 0. The number of hydrogen-bond acceptors (Lipinski definition) is 5. The van der Waals surface area contributed by atoms with Crippen molar-refractivity contribution in [2.24, 2.45) is 14.1 Å². The van der Waals surface area contributed by atoms with Crippen molar-refractivity contribution >= 4 is 5.97 Å². The summed E-state index contributed by atoms with van der Waals surface area (Å²) in [6, 6.07) is 1.29. The highest BCUT2D eigenvalue weighted by Gasteiger charge is 2.18. The number of aromatic nitrogens is 4. The second-order valence-electron chi connectivity index (χ2n) is 4.48. The van der Waals surface area contributed by atoms with Crippen molar-refractivity contribution in [3.63, 3.8) is 0 Å². The SMILES string of the molecule is CCOC(=O)c1cnn(C)c1Cn1c(=O)ccn(C)c1=O. The van der Waals surface area contributed by atoms with E-state index in [0.29, 0.717) is 5.69 Å². The topological polar surface area (TPSA) is 88.1 Å². The van der Waals surface area contributed by atoms with E-state index in [1.54, 1.807) is 21.0 Å². The molecule has 0 aromatic carbocycles. The predicted molar refractivity (Wildman–Crippen MR) is 74.2 cm³/mol. The van der Waals surface area contributed by atoms with Crippen molar-refractivity contribution < 1.29 is 9.53 Å². The van der Waals surface area contributed by atoms with Crippen LogP contribution in [-0.2, 0) is 25.4 Å². The standard InChI is InChI=1S/C13H16N4O4/c1-4-21-12(19)9-7-14-16(3)10(9)8-17-11(18)5-6-15(2)13(17)20/h5-7H,4,8H2,1-3H3. The van der Waals surface area contributed by atoms with E-state index in [0.717, 1.165) is 4.57 Å². The first kappa shape index (κ1) is 14.8. The van der Waals surface area contributed by atoms with Gasteiger partial charge in [-0.2, -0.15) is 5.10 Å². The molecule has 0 fully saturated rings. The molecular formula is C13H16N4O4. The number of carbonyl (C=O) groups excluding carboxylic acids is 1. The summed E-state index contributed by atoms with van der Waals surface area (Å²) in [5, 5.41) is 3.99. The van der Waals surface area contributed by atoms with Gasteiger partial charge in [0.15, 0.2) is 0 Å². The Morgan fingerprint density at radius 1 is 1.33 bits per heavy atom. The highest BCUT2D eigenvalue weighted by atomic mass is 16.5. The fourth-order valence-corrected chi connectivity index (χ4v) is 1.94. The van der Waals surface area contributed by atoms with Gasteiger partial charge in [-0.3, -0.25) is 14.0 Å².